The molecule has 0 bridgehead atoms. The fourth-order valence-electron chi connectivity index (χ4n) is 3.68. The molecule has 9 nitrogen and oxygen atoms in total. The summed E-state index contributed by atoms with van der Waals surface area (Å²) in [6, 6.07) is 5.68. The predicted octanol–water partition coefficient (Wildman–Crippen LogP) is 1.27. The van der Waals surface area contributed by atoms with Crippen LogP contribution in [0.4, 0.5) is 0 Å². The Hall–Kier alpha value is -3.22. The zero-order valence-corrected chi connectivity index (χ0v) is 15.8. The van der Waals surface area contributed by atoms with E-state index in [2.05, 4.69) is 21.5 Å². The van der Waals surface area contributed by atoms with Crippen LogP contribution >= 0.6 is 12.4 Å². The van der Waals surface area contributed by atoms with Crippen molar-refractivity contribution in [1.82, 2.24) is 34.0 Å². The Morgan fingerprint density at radius 1 is 1.32 bits per heavy atom. The Morgan fingerprint density at radius 3 is 2.93 bits per heavy atom. The van der Waals surface area contributed by atoms with Crippen molar-refractivity contribution in [3.63, 3.8) is 0 Å². The molecule has 1 aliphatic rings. The third kappa shape index (κ3) is 2.58. The average Bonchev–Trinajstić information content (AvgIpc) is 3.41. The van der Waals surface area contributed by atoms with E-state index >= 15 is 0 Å². The summed E-state index contributed by atoms with van der Waals surface area (Å²) in [4.78, 5) is 21.9. The van der Waals surface area contributed by atoms with Gasteiger partial charge in [-0.3, -0.25) is 9.13 Å². The van der Waals surface area contributed by atoms with Crippen LogP contribution in [0.1, 0.15) is 18.0 Å². The minimum absolute atomic E-state index is 0. The van der Waals surface area contributed by atoms with Crippen LogP contribution in [0.3, 0.4) is 0 Å². The molecule has 0 aliphatic carbocycles. The molecule has 4 aromatic rings. The van der Waals surface area contributed by atoms with Gasteiger partial charge in [-0.2, -0.15) is 10.4 Å². The minimum atomic E-state index is -0.0863. The molecule has 142 valence electrons. The maximum Gasteiger partial charge on any atom is 0.330 e. The highest BCUT2D eigenvalue weighted by atomic mass is 35.5. The van der Waals surface area contributed by atoms with Gasteiger partial charge < -0.3 is 5.32 Å². The third-order valence-corrected chi connectivity index (χ3v) is 5.12. The highest BCUT2D eigenvalue weighted by molar-refractivity contribution is 5.85. The fraction of sp³-hybridized carbons (Fsp3) is 0.278. The fourth-order valence-corrected chi connectivity index (χ4v) is 3.68. The Balaban J connectivity index is 0.00000192. The molecular weight excluding hydrogens is 380 g/mol. The average molecular weight is 397 g/mol. The van der Waals surface area contributed by atoms with Crippen LogP contribution in [0.25, 0.3) is 28.1 Å². The molecule has 1 N–H and O–H groups in total. The summed E-state index contributed by atoms with van der Waals surface area (Å²) in [6.07, 6.45) is 5.98. The van der Waals surface area contributed by atoms with Gasteiger partial charge in [0.2, 0.25) is 0 Å². The maximum absolute atomic E-state index is 12.7. The molecule has 4 aromatic heterocycles. The van der Waals surface area contributed by atoms with E-state index in [4.69, 9.17) is 4.98 Å². The molecule has 5 rings (SSSR count). The first-order valence-corrected chi connectivity index (χ1v) is 8.70. The summed E-state index contributed by atoms with van der Waals surface area (Å²) in [6.45, 7) is 1.64. The largest absolute Gasteiger partial charge is 0.330 e. The summed E-state index contributed by atoms with van der Waals surface area (Å²) in [5.41, 5.74) is 3.25. The van der Waals surface area contributed by atoms with Crippen molar-refractivity contribution < 1.29 is 0 Å². The van der Waals surface area contributed by atoms with Gasteiger partial charge in [-0.1, -0.05) is 0 Å². The van der Waals surface area contributed by atoms with Crippen LogP contribution in [0.5, 0.6) is 0 Å². The van der Waals surface area contributed by atoms with Gasteiger partial charge in [0.05, 0.1) is 41.1 Å². The molecule has 1 aliphatic heterocycles. The van der Waals surface area contributed by atoms with Gasteiger partial charge in [0, 0.05) is 19.8 Å². The lowest BCUT2D eigenvalue weighted by molar-refractivity contribution is 0.532. The molecule has 1 saturated heterocycles. The van der Waals surface area contributed by atoms with Gasteiger partial charge in [-0.15, -0.1) is 12.4 Å². The number of halogens is 1. The van der Waals surface area contributed by atoms with Gasteiger partial charge in [-0.05, 0) is 25.1 Å². The molecule has 0 amide bonds. The van der Waals surface area contributed by atoms with Gasteiger partial charge in [0.15, 0.2) is 11.5 Å². The van der Waals surface area contributed by atoms with Crippen molar-refractivity contribution in [3.8, 4) is 17.5 Å². The van der Waals surface area contributed by atoms with Gasteiger partial charge >= 0.3 is 5.69 Å². The quantitative estimate of drug-likeness (QED) is 0.547. The number of nitrogens with one attached hydrogen (secondary N) is 1. The zero-order chi connectivity index (χ0) is 18.5. The zero-order valence-electron chi connectivity index (χ0n) is 15.0. The van der Waals surface area contributed by atoms with Crippen LogP contribution in [-0.2, 0) is 7.05 Å². The van der Waals surface area contributed by atoms with Gasteiger partial charge in [0.1, 0.15) is 5.52 Å². The second kappa shape index (κ2) is 6.74. The first kappa shape index (κ1) is 18.2. The molecule has 5 heterocycles. The van der Waals surface area contributed by atoms with Crippen LogP contribution in [0, 0.1) is 11.3 Å². The molecule has 0 saturated carbocycles. The Kier molecular flexibility index (Phi) is 4.37. The normalized spacial score (nSPS) is 16.4. The Labute approximate surface area is 165 Å². The molecular formula is C18H17ClN8O. The summed E-state index contributed by atoms with van der Waals surface area (Å²) < 4.78 is 5.02. The number of hydrogen-bond donors (Lipinski definition) is 1. The molecule has 0 spiro atoms. The second-order valence-electron chi connectivity index (χ2n) is 6.68. The van der Waals surface area contributed by atoms with Gasteiger partial charge in [0.25, 0.3) is 0 Å². The maximum atomic E-state index is 12.7. The number of hydrogen-bond acceptors (Lipinski definition) is 6. The molecule has 28 heavy (non-hydrogen) atoms. The van der Waals surface area contributed by atoms with Crippen molar-refractivity contribution in [2.24, 2.45) is 7.05 Å². The standard InChI is InChI=1S/C18H16N8O.ClH/c1-24-15-10-21-16(13-9-22-25-5-3-11(7-19)6-14(13)25)23-17(15)26(18(24)27)12-2-4-20-8-12;/h3,5-6,9-10,12,20H,2,4,8H2,1H3;1H. The minimum Gasteiger partial charge on any atom is -0.315 e. The van der Waals surface area contributed by atoms with E-state index in [0.29, 0.717) is 22.6 Å². The monoisotopic (exact) mass is 396 g/mol. The summed E-state index contributed by atoms with van der Waals surface area (Å²) in [5.74, 6) is 0.484. The van der Waals surface area contributed by atoms with Crippen molar-refractivity contribution in [3.05, 3.63) is 46.8 Å². The second-order valence-corrected chi connectivity index (χ2v) is 6.68. The van der Waals surface area contributed by atoms with E-state index in [-0.39, 0.29) is 24.1 Å². The van der Waals surface area contributed by atoms with E-state index in [1.54, 1.807) is 51.4 Å². The lowest BCUT2D eigenvalue weighted by atomic mass is 10.2. The highest BCUT2D eigenvalue weighted by Crippen LogP contribution is 2.25. The Morgan fingerprint density at radius 2 is 2.18 bits per heavy atom. The lowest BCUT2D eigenvalue weighted by Gasteiger charge is -2.10. The molecule has 1 unspecified atom stereocenters. The van der Waals surface area contributed by atoms with Crippen molar-refractivity contribution >= 4 is 29.1 Å². The highest BCUT2D eigenvalue weighted by Gasteiger charge is 2.24. The van der Waals surface area contributed by atoms with Crippen molar-refractivity contribution in [1.29, 1.82) is 5.26 Å². The summed E-state index contributed by atoms with van der Waals surface area (Å²) in [5, 5.41) is 16.8. The van der Waals surface area contributed by atoms with Crippen LogP contribution in [0.2, 0.25) is 0 Å². The van der Waals surface area contributed by atoms with Crippen molar-refractivity contribution in [2.75, 3.05) is 13.1 Å². The predicted molar refractivity (Wildman–Crippen MR) is 105 cm³/mol. The SMILES string of the molecule is Cl.Cn1c(=O)n(C2CCNC2)c2nc(-c3cnn4ccc(C#N)cc34)ncc21. The number of imidazole rings is 1. The number of fused-ring (bicyclic) bond motifs is 2. The lowest BCUT2D eigenvalue weighted by Crippen LogP contribution is -2.27. The van der Waals surface area contributed by atoms with Crippen LogP contribution in [-0.4, -0.2) is 41.8 Å². The first-order chi connectivity index (χ1) is 13.2. The number of aryl methyl sites for hydroxylation is 1. The van der Waals surface area contributed by atoms with Crippen LogP contribution in [0.15, 0.2) is 35.5 Å². The topological polar surface area (TPSA) is 106 Å². The van der Waals surface area contributed by atoms with E-state index in [9.17, 15) is 10.1 Å². The molecule has 0 aromatic carbocycles. The number of pyridine rings is 1. The molecule has 1 fully saturated rings. The van der Waals surface area contributed by atoms with E-state index in [0.717, 1.165) is 30.6 Å². The van der Waals surface area contributed by atoms with Gasteiger partial charge in [-0.25, -0.2) is 19.3 Å². The number of nitrogens with zero attached hydrogens (tertiary/aromatic N) is 7. The number of nitriles is 1. The smallest absolute Gasteiger partial charge is 0.315 e. The number of rotatable bonds is 2. The van der Waals surface area contributed by atoms with E-state index in [1.807, 2.05) is 0 Å². The van der Waals surface area contributed by atoms with E-state index in [1.165, 1.54) is 0 Å². The first-order valence-electron chi connectivity index (χ1n) is 8.70. The van der Waals surface area contributed by atoms with E-state index < -0.39 is 0 Å². The number of aromatic nitrogens is 6. The molecule has 1 atom stereocenters. The van der Waals surface area contributed by atoms with Crippen molar-refractivity contribution in [2.45, 2.75) is 12.5 Å². The summed E-state index contributed by atoms with van der Waals surface area (Å²) >= 11 is 0. The molecule has 10 heteroatoms. The summed E-state index contributed by atoms with van der Waals surface area (Å²) in [7, 11) is 1.74. The molecule has 0 radical (unpaired) electrons. The third-order valence-electron chi connectivity index (χ3n) is 5.12. The van der Waals surface area contributed by atoms with Crippen LogP contribution < -0.4 is 11.0 Å². The Bertz CT molecular complexity index is 1290.